The van der Waals surface area contributed by atoms with Gasteiger partial charge in [0.15, 0.2) is 18.1 Å². The van der Waals surface area contributed by atoms with E-state index in [1.807, 2.05) is 38.1 Å². The molecule has 0 radical (unpaired) electrons. The molecule has 0 atom stereocenters. The van der Waals surface area contributed by atoms with Crippen LogP contribution in [-0.2, 0) is 9.59 Å². The topological polar surface area (TPSA) is 84.9 Å². The maximum absolute atomic E-state index is 12.4. The highest BCUT2D eigenvalue weighted by Crippen LogP contribution is 2.34. The highest BCUT2D eigenvalue weighted by atomic mass is 32.2. The van der Waals surface area contributed by atoms with Crippen molar-refractivity contribution in [2.45, 2.75) is 20.3 Å². The number of hydrogen-bond acceptors (Lipinski definition) is 6. The van der Waals surface area contributed by atoms with Crippen LogP contribution in [0.4, 0.5) is 10.5 Å². The molecule has 8 heteroatoms. The predicted molar refractivity (Wildman–Crippen MR) is 121 cm³/mol. The van der Waals surface area contributed by atoms with Crippen LogP contribution in [0, 0.1) is 6.92 Å². The number of methoxy groups -OCH3 is 1. The van der Waals surface area contributed by atoms with Gasteiger partial charge in [0, 0.05) is 12.2 Å². The Balaban J connectivity index is 1.67. The van der Waals surface area contributed by atoms with Crippen LogP contribution in [0.5, 0.6) is 11.5 Å². The molecule has 1 fully saturated rings. The number of amides is 3. The number of carbonyl (C=O) groups excluding carboxylic acids is 3. The van der Waals surface area contributed by atoms with Gasteiger partial charge in [0.2, 0.25) is 0 Å². The third kappa shape index (κ3) is 5.67. The molecule has 2 aromatic carbocycles. The normalized spacial score (nSPS) is 14.8. The third-order valence-corrected chi connectivity index (χ3v) is 5.37. The minimum Gasteiger partial charge on any atom is -0.493 e. The second-order valence-electron chi connectivity index (χ2n) is 6.95. The van der Waals surface area contributed by atoms with Gasteiger partial charge < -0.3 is 14.8 Å². The lowest BCUT2D eigenvalue weighted by Crippen LogP contribution is -2.28. The number of carbonyl (C=O) groups is 3. The zero-order valence-corrected chi connectivity index (χ0v) is 18.5. The lowest BCUT2D eigenvalue weighted by atomic mass is 10.2. The summed E-state index contributed by atoms with van der Waals surface area (Å²) in [5.74, 6) is 0.244. The summed E-state index contributed by atoms with van der Waals surface area (Å²) in [6.45, 7) is 4.09. The maximum Gasteiger partial charge on any atom is 0.293 e. The first kappa shape index (κ1) is 22.4. The third-order valence-electron chi connectivity index (χ3n) is 4.47. The fraction of sp³-hybridized carbons (Fsp3) is 0.261. The Morgan fingerprint density at radius 2 is 1.97 bits per heavy atom. The maximum atomic E-state index is 12.4. The summed E-state index contributed by atoms with van der Waals surface area (Å²) in [5, 5.41) is 2.52. The molecule has 0 aromatic heterocycles. The van der Waals surface area contributed by atoms with E-state index >= 15 is 0 Å². The van der Waals surface area contributed by atoms with E-state index in [2.05, 4.69) is 5.32 Å². The number of nitrogens with zero attached hydrogens (tertiary/aromatic N) is 1. The molecule has 1 N–H and O–H groups in total. The molecule has 2 aromatic rings. The number of hydrogen-bond donors (Lipinski definition) is 1. The fourth-order valence-electron chi connectivity index (χ4n) is 3.02. The van der Waals surface area contributed by atoms with Crippen molar-refractivity contribution in [1.82, 2.24) is 4.90 Å². The molecule has 1 heterocycles. The molecule has 162 valence electrons. The lowest BCUT2D eigenvalue weighted by molar-refractivity contribution is -0.122. The number of ether oxygens (including phenoxy) is 2. The smallest absolute Gasteiger partial charge is 0.293 e. The SMILES string of the molecule is CCCN1C(=O)S/C(=C/c2ccc(OCC(=O)Nc3cccc(C)c3)c(OC)c2)C1=O. The monoisotopic (exact) mass is 440 g/mol. The van der Waals surface area contributed by atoms with Gasteiger partial charge in [-0.25, -0.2) is 0 Å². The fourth-order valence-corrected chi connectivity index (χ4v) is 3.89. The van der Waals surface area contributed by atoms with Crippen molar-refractivity contribution in [1.29, 1.82) is 0 Å². The van der Waals surface area contributed by atoms with Crippen LogP contribution in [0.3, 0.4) is 0 Å². The van der Waals surface area contributed by atoms with Crippen molar-refractivity contribution >= 4 is 40.6 Å². The minimum absolute atomic E-state index is 0.181. The van der Waals surface area contributed by atoms with Crippen LogP contribution in [0.1, 0.15) is 24.5 Å². The van der Waals surface area contributed by atoms with Gasteiger partial charge in [-0.2, -0.15) is 0 Å². The Bertz CT molecular complexity index is 1030. The summed E-state index contributed by atoms with van der Waals surface area (Å²) in [4.78, 5) is 38.2. The van der Waals surface area contributed by atoms with E-state index in [4.69, 9.17) is 9.47 Å². The molecule has 1 aliphatic rings. The summed E-state index contributed by atoms with van der Waals surface area (Å²) in [6.07, 6.45) is 2.36. The molecule has 3 rings (SSSR count). The van der Waals surface area contributed by atoms with E-state index < -0.39 is 0 Å². The molecule has 1 aliphatic heterocycles. The molecule has 3 amide bonds. The van der Waals surface area contributed by atoms with Crippen LogP contribution >= 0.6 is 11.8 Å². The molecular formula is C23H24N2O5S. The Morgan fingerprint density at radius 1 is 1.16 bits per heavy atom. The first-order chi connectivity index (χ1) is 14.9. The number of rotatable bonds is 8. The van der Waals surface area contributed by atoms with E-state index in [9.17, 15) is 14.4 Å². The van der Waals surface area contributed by atoms with Crippen molar-refractivity contribution in [3.05, 3.63) is 58.5 Å². The number of benzene rings is 2. The highest BCUT2D eigenvalue weighted by molar-refractivity contribution is 8.18. The van der Waals surface area contributed by atoms with Crippen molar-refractivity contribution < 1.29 is 23.9 Å². The molecule has 31 heavy (non-hydrogen) atoms. The molecule has 0 unspecified atom stereocenters. The second kappa shape index (κ2) is 10.2. The molecule has 0 aliphatic carbocycles. The van der Waals surface area contributed by atoms with Crippen molar-refractivity contribution in [2.24, 2.45) is 0 Å². The van der Waals surface area contributed by atoms with Crippen LogP contribution in [0.2, 0.25) is 0 Å². The van der Waals surface area contributed by atoms with Crippen LogP contribution < -0.4 is 14.8 Å². The summed E-state index contributed by atoms with van der Waals surface area (Å²) in [6, 6.07) is 12.6. The Morgan fingerprint density at radius 3 is 2.68 bits per heavy atom. The first-order valence-corrected chi connectivity index (χ1v) is 10.7. The van der Waals surface area contributed by atoms with Crippen molar-refractivity contribution in [2.75, 3.05) is 25.6 Å². The number of imide groups is 1. The molecular weight excluding hydrogens is 416 g/mol. The molecule has 1 saturated heterocycles. The van der Waals surface area contributed by atoms with Crippen LogP contribution in [0.15, 0.2) is 47.4 Å². The van der Waals surface area contributed by atoms with Crippen LogP contribution in [-0.4, -0.2) is 42.2 Å². The quantitative estimate of drug-likeness (QED) is 0.610. The second-order valence-corrected chi connectivity index (χ2v) is 7.94. The highest BCUT2D eigenvalue weighted by Gasteiger charge is 2.34. The molecule has 0 saturated carbocycles. The zero-order valence-electron chi connectivity index (χ0n) is 17.6. The molecule has 7 nitrogen and oxygen atoms in total. The Labute approximate surface area is 185 Å². The molecule has 0 spiro atoms. The minimum atomic E-state index is -0.290. The van der Waals surface area contributed by atoms with Gasteiger partial charge in [-0.15, -0.1) is 0 Å². The predicted octanol–water partition coefficient (Wildman–Crippen LogP) is 4.47. The number of nitrogens with one attached hydrogen (secondary N) is 1. The number of aryl methyl sites for hydroxylation is 1. The van der Waals surface area contributed by atoms with Gasteiger partial charge in [0.25, 0.3) is 17.1 Å². The average molecular weight is 441 g/mol. The van der Waals surface area contributed by atoms with Crippen LogP contribution in [0.25, 0.3) is 6.08 Å². The summed E-state index contributed by atoms with van der Waals surface area (Å²) >= 11 is 0.924. The Kier molecular flexibility index (Phi) is 7.36. The van der Waals surface area contributed by atoms with E-state index in [0.717, 1.165) is 17.3 Å². The molecule has 0 bridgehead atoms. The standard InChI is InChI=1S/C23H24N2O5S/c1-4-10-25-22(27)20(31-23(25)28)13-16-8-9-18(19(12-16)29-3)30-14-21(26)24-17-7-5-6-15(2)11-17/h5-9,11-13H,4,10,14H2,1-3H3,(H,24,26)/b20-13+. The number of thioether (sulfide) groups is 1. The van der Waals surface area contributed by atoms with Gasteiger partial charge in [0.05, 0.1) is 12.0 Å². The van der Waals surface area contributed by atoms with Gasteiger partial charge in [-0.3, -0.25) is 19.3 Å². The van der Waals surface area contributed by atoms with Gasteiger partial charge in [0.1, 0.15) is 0 Å². The van der Waals surface area contributed by atoms with Gasteiger partial charge >= 0.3 is 0 Å². The van der Waals surface area contributed by atoms with E-state index in [1.165, 1.54) is 12.0 Å². The summed E-state index contributed by atoms with van der Waals surface area (Å²) < 4.78 is 11.0. The van der Waals surface area contributed by atoms with Gasteiger partial charge in [-0.1, -0.05) is 25.1 Å². The van der Waals surface area contributed by atoms with Crippen molar-refractivity contribution in [3.8, 4) is 11.5 Å². The van der Waals surface area contributed by atoms with E-state index in [0.29, 0.717) is 40.6 Å². The average Bonchev–Trinajstić information content (AvgIpc) is 3.00. The van der Waals surface area contributed by atoms with E-state index in [-0.39, 0.29) is 23.7 Å². The Hall–Kier alpha value is -3.26. The first-order valence-electron chi connectivity index (χ1n) is 9.84. The van der Waals surface area contributed by atoms with Gasteiger partial charge in [-0.05, 0) is 66.6 Å². The van der Waals surface area contributed by atoms with Crippen molar-refractivity contribution in [3.63, 3.8) is 0 Å². The zero-order chi connectivity index (χ0) is 22.4. The summed E-state index contributed by atoms with van der Waals surface area (Å²) in [7, 11) is 1.49. The largest absolute Gasteiger partial charge is 0.493 e. The van der Waals surface area contributed by atoms with E-state index in [1.54, 1.807) is 24.3 Å². The summed E-state index contributed by atoms with van der Waals surface area (Å²) in [5.41, 5.74) is 2.44. The number of anilines is 1. The lowest BCUT2D eigenvalue weighted by Gasteiger charge is -2.12.